The highest BCUT2D eigenvalue weighted by Crippen LogP contribution is 2.50. The molecule has 0 radical (unpaired) electrons. The van der Waals surface area contributed by atoms with Crippen molar-refractivity contribution in [2.24, 2.45) is 53.8 Å². The van der Waals surface area contributed by atoms with Crippen LogP contribution < -0.4 is 26.7 Å². The van der Waals surface area contributed by atoms with Gasteiger partial charge < -0.3 is 59.9 Å². The van der Waals surface area contributed by atoms with Gasteiger partial charge in [0.1, 0.15) is 34.3 Å². The fraction of sp³-hybridized carbons (Fsp3) is 0.343. The summed E-state index contributed by atoms with van der Waals surface area (Å²) in [5.41, 5.74) is 32.8. The van der Waals surface area contributed by atoms with Gasteiger partial charge in [-0.2, -0.15) is 0 Å². The number of aromatic nitrogens is 15. The number of carboxylic acids is 2. The van der Waals surface area contributed by atoms with Gasteiger partial charge in [0.05, 0.1) is 88.0 Å². The second kappa shape index (κ2) is 37.8. The van der Waals surface area contributed by atoms with Crippen LogP contribution in [0.5, 0.6) is 0 Å². The number of amides is 3. The van der Waals surface area contributed by atoms with E-state index >= 15 is 0 Å². The SMILES string of the molecule is C.CCOC(=O)/C=C/c1ccc2c(c1)[nH]c(C1(N)CCC1)[n+]2C.Cn1c(-c2cnccn2)c(C2CCCC2)c2ccc(C(=O)O)cc21.Cn1c(C2(NC(=O)c3ccc4c(C5CCCC5)c(-c5cnccn5)n(C)c4c3)CCC2)nc2cc(/C=C/C(=O)O)ccc21.Cn1c(C2(NC(=O)c3ccc4c(C5CCCC5)c(-c5cnccn5)n(C)c4c3)CCC2)nc2cc(/C=C/C(N)=O)ccc21. The van der Waals surface area contributed by atoms with Crippen molar-refractivity contribution in [3.63, 3.8) is 0 Å². The van der Waals surface area contributed by atoms with E-state index in [0.717, 1.165) is 206 Å². The summed E-state index contributed by atoms with van der Waals surface area (Å²) >= 11 is 0. The van der Waals surface area contributed by atoms with Crippen molar-refractivity contribution in [1.29, 1.82) is 0 Å². The number of aromatic carboxylic acids is 1. The molecule has 0 aliphatic heterocycles. The second-order valence-corrected chi connectivity index (χ2v) is 36.3. The van der Waals surface area contributed by atoms with Crippen molar-refractivity contribution in [3.05, 3.63) is 251 Å². The van der Waals surface area contributed by atoms with E-state index in [2.05, 4.69) is 94.6 Å². The summed E-state index contributed by atoms with van der Waals surface area (Å²) in [6, 6.07) is 35.2. The number of primary amides is 1. The number of nitrogens with one attached hydrogen (secondary N) is 3. The number of hydrogen-bond donors (Lipinski definition) is 7. The maximum atomic E-state index is 13.9. The average Bonchev–Trinajstić information content (AvgIpc) is 1.50. The third-order valence-corrected chi connectivity index (χ3v) is 28.2. The van der Waals surface area contributed by atoms with Gasteiger partial charge in [-0.3, -0.25) is 44.3 Å². The van der Waals surface area contributed by atoms with Crippen molar-refractivity contribution in [3.8, 4) is 34.2 Å². The zero-order valence-corrected chi connectivity index (χ0v) is 75.5. The van der Waals surface area contributed by atoms with Crippen LogP contribution in [0.1, 0.15) is 249 Å². The van der Waals surface area contributed by atoms with E-state index in [0.29, 0.717) is 41.1 Å². The molecule has 3 amide bonds. The number of ether oxygens (including phenoxy) is 1. The van der Waals surface area contributed by atoms with Gasteiger partial charge in [-0.25, -0.2) is 33.9 Å². The van der Waals surface area contributed by atoms with Crippen LogP contribution in [0, 0.1) is 0 Å². The monoisotopic (exact) mass is 1780 g/mol. The standard InChI is InChI=1S/C34H35N7O2.C34H34N6O3.C19H19N3O2.C17H21N3O2.CH4/c1-40-28-19-23(10-11-24(28)30(22-6-3-4-7-22)31(40)26-20-36-16-17-37-26)32(43)39-34(14-5-15-34)33-38-25-18-21(9-13-29(35)42)8-12-27(25)41(33)2;1-39-28-19-23(10-11-24(28)30(22-6-3-4-7-22)31(39)26-20-35-16-17-36-26)32(43)38-34(14-5-15-34)33-37-25-18-21(9-13-29(41)42)8-12-27(25)40(33)2;1-22-16-10-13(19(23)24)6-7-14(16)17(12-4-2-3-5-12)18(22)15-11-20-8-9-21-15;1-3-22-15(21)8-6-12-5-7-14-13(11-12)19-16(20(14)2)17(18)9-4-10-17;/h8-13,16-20,22H,3-7,14-15H2,1-2H3,(H2,35,42)(H,39,43);8-13,16-20,22H,3-7,14-15H2,1-2H3,(H,38,43)(H,41,42);6-12H,2-5H2,1H3,(H,23,24);5-8,11H,3-4,9-10,18H2,1-2H3;1H4/p+1/b2*13-9+;;8-6+;. The van der Waals surface area contributed by atoms with Crippen molar-refractivity contribution in [2.75, 3.05) is 6.61 Å². The molecular weight excluding hydrogens is 1670 g/mol. The highest BCUT2D eigenvalue weighted by molar-refractivity contribution is 6.04. The lowest BCUT2D eigenvalue weighted by Gasteiger charge is -2.41. The first-order chi connectivity index (χ1) is 63.9. The number of carbonyl (C=O) groups excluding carboxylic acids is 4. The number of benzene rings is 6. The summed E-state index contributed by atoms with van der Waals surface area (Å²) in [7, 11) is 12.1. The van der Waals surface area contributed by atoms with E-state index in [1.54, 1.807) is 80.7 Å². The number of aliphatic carboxylic acids is 1. The Hall–Kier alpha value is -14.4. The molecule has 28 heteroatoms. The van der Waals surface area contributed by atoms with E-state index in [-0.39, 0.29) is 30.7 Å². The summed E-state index contributed by atoms with van der Waals surface area (Å²) in [4.78, 5) is 113. The fourth-order valence-corrected chi connectivity index (χ4v) is 21.2. The first-order valence-electron chi connectivity index (χ1n) is 45.9. The minimum Gasteiger partial charge on any atom is -0.478 e. The molecule has 15 aromatic rings. The van der Waals surface area contributed by atoms with Gasteiger partial charge in [-0.05, 0) is 245 Å². The highest BCUT2D eigenvalue weighted by Gasteiger charge is 2.47. The molecule has 0 bridgehead atoms. The molecule has 6 saturated carbocycles. The molecule has 6 fully saturated rings. The molecule has 0 unspecified atom stereocenters. The molecule has 0 spiro atoms. The number of rotatable bonds is 21. The van der Waals surface area contributed by atoms with E-state index in [1.165, 1.54) is 97.4 Å². The van der Waals surface area contributed by atoms with Gasteiger partial charge in [0.2, 0.25) is 5.91 Å². The Morgan fingerprint density at radius 1 is 0.481 bits per heavy atom. The molecule has 682 valence electrons. The number of esters is 1. The molecule has 9 aromatic heterocycles. The van der Waals surface area contributed by atoms with Crippen LogP contribution in [-0.4, -0.2) is 120 Å². The minimum atomic E-state index is -0.994. The lowest BCUT2D eigenvalue weighted by atomic mass is 9.75. The quantitative estimate of drug-likeness (QED) is 0.0200. The molecule has 9 N–H and O–H groups in total. The van der Waals surface area contributed by atoms with E-state index in [4.69, 9.17) is 31.3 Å². The minimum absolute atomic E-state index is 0. The van der Waals surface area contributed by atoms with Gasteiger partial charge in [0.25, 0.3) is 17.6 Å². The Kier molecular flexibility index (Phi) is 25.7. The van der Waals surface area contributed by atoms with E-state index in [1.807, 2.05) is 130 Å². The number of fused-ring (bicyclic) bond motifs is 6. The normalized spacial score (nSPS) is 16.3. The predicted octanol–water partition coefficient (Wildman–Crippen LogP) is 18.1. The van der Waals surface area contributed by atoms with Crippen molar-refractivity contribution in [2.45, 2.75) is 184 Å². The maximum Gasteiger partial charge on any atom is 0.335 e. The molecule has 0 atom stereocenters. The molecule has 9 heterocycles. The molecular formula is C105H114N19O9+. The molecule has 6 aliphatic carbocycles. The van der Waals surface area contributed by atoms with Crippen molar-refractivity contribution >= 4 is 120 Å². The zero-order chi connectivity index (χ0) is 91.9. The number of nitrogens with two attached hydrogens (primary N) is 2. The predicted molar refractivity (Wildman–Crippen MR) is 516 cm³/mol. The van der Waals surface area contributed by atoms with E-state index < -0.39 is 28.9 Å². The Morgan fingerprint density at radius 3 is 1.24 bits per heavy atom. The van der Waals surface area contributed by atoms with Gasteiger partial charge in [0.15, 0.2) is 11.0 Å². The maximum absolute atomic E-state index is 13.9. The highest BCUT2D eigenvalue weighted by atomic mass is 16.5. The van der Waals surface area contributed by atoms with Crippen molar-refractivity contribution < 1.29 is 48.3 Å². The van der Waals surface area contributed by atoms with E-state index in [9.17, 15) is 33.9 Å². The van der Waals surface area contributed by atoms with Crippen LogP contribution in [0.15, 0.2) is 183 Å². The summed E-state index contributed by atoms with van der Waals surface area (Å²) in [6.07, 6.45) is 47.5. The lowest BCUT2D eigenvalue weighted by Crippen LogP contribution is -2.52. The van der Waals surface area contributed by atoms with Crippen LogP contribution in [0.4, 0.5) is 0 Å². The largest absolute Gasteiger partial charge is 0.478 e. The third-order valence-electron chi connectivity index (χ3n) is 28.2. The zero-order valence-electron chi connectivity index (χ0n) is 75.5. The molecule has 0 saturated heterocycles. The summed E-state index contributed by atoms with van der Waals surface area (Å²) in [6.45, 7) is 2.18. The fourth-order valence-electron chi connectivity index (χ4n) is 21.2. The Balaban J connectivity index is 0.000000129. The number of carboxylic acid groups (broad SMARTS) is 2. The number of imidazole rings is 3. The van der Waals surface area contributed by atoms with Gasteiger partial charge >= 0.3 is 17.9 Å². The van der Waals surface area contributed by atoms with Crippen LogP contribution in [0.3, 0.4) is 0 Å². The Morgan fingerprint density at radius 2 is 0.872 bits per heavy atom. The molecule has 6 aromatic carbocycles. The number of aromatic amines is 1. The summed E-state index contributed by atoms with van der Waals surface area (Å²) in [5, 5.41) is 28.5. The van der Waals surface area contributed by atoms with Crippen LogP contribution >= 0.6 is 0 Å². The molecule has 21 rings (SSSR count). The van der Waals surface area contributed by atoms with Crippen LogP contribution in [0.25, 0.3) is 118 Å². The summed E-state index contributed by atoms with van der Waals surface area (Å²) in [5.74, 6) is 1.23. The number of aryl methyl sites for hydroxylation is 6. The number of H-pyrrole nitrogens is 1. The van der Waals surface area contributed by atoms with Crippen LogP contribution in [0.2, 0.25) is 0 Å². The lowest BCUT2D eigenvalue weighted by molar-refractivity contribution is -0.658. The number of hydrogen-bond acceptors (Lipinski definition) is 16. The topological polar surface area (TPSA) is 376 Å². The van der Waals surface area contributed by atoms with Gasteiger partial charge in [-0.15, -0.1) is 0 Å². The van der Waals surface area contributed by atoms with Gasteiger partial charge in [-0.1, -0.05) is 82.3 Å². The first kappa shape index (κ1) is 90.5. The second-order valence-electron chi connectivity index (χ2n) is 36.3. The number of nitrogens with zero attached hydrogens (tertiary/aromatic N) is 14. The van der Waals surface area contributed by atoms with Gasteiger partial charge in [0, 0.05) is 134 Å². The summed E-state index contributed by atoms with van der Waals surface area (Å²) < 4.78 is 17.5. The molecule has 133 heavy (non-hydrogen) atoms. The van der Waals surface area contributed by atoms with Crippen LogP contribution in [-0.2, 0) is 78.0 Å². The van der Waals surface area contributed by atoms with Crippen molar-refractivity contribution in [1.82, 2.24) is 78.3 Å². The molecule has 6 aliphatic rings. The average molecular weight is 1790 g/mol. The first-order valence-corrected chi connectivity index (χ1v) is 45.9. The Bertz CT molecular complexity index is 6800. The third kappa shape index (κ3) is 17.6. The smallest absolute Gasteiger partial charge is 0.335 e. The Labute approximate surface area is 770 Å². The number of carbonyl (C=O) groups is 6. The molecule has 28 nitrogen and oxygen atoms in total.